The van der Waals surface area contributed by atoms with Gasteiger partial charge >= 0.3 is 5.97 Å². The molecular formula is C10H15NO5. The van der Waals surface area contributed by atoms with Crippen molar-refractivity contribution >= 4 is 17.8 Å². The number of rotatable bonds is 6. The number of carboxylic acids is 1. The zero-order valence-electron chi connectivity index (χ0n) is 9.14. The maximum Gasteiger partial charge on any atom is 0.326 e. The molecule has 0 radical (unpaired) electrons. The number of methoxy groups -OCH3 is 1. The summed E-state index contributed by atoms with van der Waals surface area (Å²) in [7, 11) is 1.52. The third-order valence-corrected chi connectivity index (χ3v) is 2.51. The first kappa shape index (κ1) is 12.6. The van der Waals surface area contributed by atoms with Crippen molar-refractivity contribution in [2.24, 2.45) is 0 Å². The molecule has 0 saturated carbocycles. The normalized spacial score (nSPS) is 17.9. The van der Waals surface area contributed by atoms with E-state index in [9.17, 15) is 14.4 Å². The van der Waals surface area contributed by atoms with E-state index in [1.807, 2.05) is 0 Å². The Morgan fingerprint density at radius 2 is 2.00 bits per heavy atom. The highest BCUT2D eigenvalue weighted by molar-refractivity contribution is 6.04. The van der Waals surface area contributed by atoms with Crippen LogP contribution in [0, 0.1) is 0 Å². The number of hydrogen-bond donors (Lipinski definition) is 1. The minimum Gasteiger partial charge on any atom is -0.480 e. The van der Waals surface area contributed by atoms with Crippen LogP contribution in [-0.2, 0) is 19.1 Å². The lowest BCUT2D eigenvalue weighted by atomic mass is 10.1. The lowest BCUT2D eigenvalue weighted by molar-refractivity contribution is -0.154. The van der Waals surface area contributed by atoms with E-state index >= 15 is 0 Å². The number of carbonyl (C=O) groups excluding carboxylic acids is 2. The highest BCUT2D eigenvalue weighted by Gasteiger charge is 2.38. The fraction of sp³-hybridized carbons (Fsp3) is 0.700. The Hall–Kier alpha value is -1.43. The number of likely N-dealkylation sites (tertiary alicyclic amines) is 1. The number of carbonyl (C=O) groups is 3. The molecule has 1 saturated heterocycles. The van der Waals surface area contributed by atoms with Crippen LogP contribution in [0.5, 0.6) is 0 Å². The zero-order valence-corrected chi connectivity index (χ0v) is 9.14. The predicted octanol–water partition coefficient (Wildman–Crippen LogP) is 0.0152. The van der Waals surface area contributed by atoms with Crippen molar-refractivity contribution in [3.8, 4) is 0 Å². The SMILES string of the molecule is COCCCC(C(=O)O)N1C(=O)CCC1=O. The number of amides is 2. The summed E-state index contributed by atoms with van der Waals surface area (Å²) in [6.07, 6.45) is 0.977. The first-order chi connectivity index (χ1) is 7.57. The number of aliphatic carboxylic acids is 1. The second-order valence-corrected chi connectivity index (χ2v) is 3.65. The van der Waals surface area contributed by atoms with Crippen LogP contribution in [0.3, 0.4) is 0 Å². The van der Waals surface area contributed by atoms with Gasteiger partial charge in [-0.2, -0.15) is 0 Å². The van der Waals surface area contributed by atoms with Crippen LogP contribution < -0.4 is 0 Å². The van der Waals surface area contributed by atoms with Crippen molar-refractivity contribution in [1.29, 1.82) is 0 Å². The van der Waals surface area contributed by atoms with Gasteiger partial charge in [0.05, 0.1) is 0 Å². The molecule has 0 aliphatic carbocycles. The van der Waals surface area contributed by atoms with E-state index in [0.717, 1.165) is 4.90 Å². The maximum atomic E-state index is 11.4. The van der Waals surface area contributed by atoms with E-state index in [4.69, 9.17) is 9.84 Å². The molecule has 1 aliphatic rings. The van der Waals surface area contributed by atoms with Crippen molar-refractivity contribution in [2.45, 2.75) is 31.7 Å². The fourth-order valence-electron chi connectivity index (χ4n) is 1.73. The number of carboxylic acid groups (broad SMARTS) is 1. The van der Waals surface area contributed by atoms with Crippen LogP contribution in [-0.4, -0.2) is 47.5 Å². The van der Waals surface area contributed by atoms with E-state index in [0.29, 0.717) is 13.0 Å². The lowest BCUT2D eigenvalue weighted by Gasteiger charge is -2.22. The Morgan fingerprint density at radius 1 is 1.44 bits per heavy atom. The lowest BCUT2D eigenvalue weighted by Crippen LogP contribution is -2.44. The van der Waals surface area contributed by atoms with Crippen LogP contribution in [0.2, 0.25) is 0 Å². The Labute approximate surface area is 93.2 Å². The van der Waals surface area contributed by atoms with Crippen molar-refractivity contribution in [1.82, 2.24) is 4.90 Å². The molecular weight excluding hydrogens is 214 g/mol. The molecule has 0 bridgehead atoms. The highest BCUT2D eigenvalue weighted by Crippen LogP contribution is 2.18. The average molecular weight is 229 g/mol. The topological polar surface area (TPSA) is 83.9 Å². The maximum absolute atomic E-state index is 11.4. The molecule has 0 aromatic heterocycles. The molecule has 2 amide bonds. The molecule has 0 aromatic carbocycles. The van der Waals surface area contributed by atoms with E-state index in [2.05, 4.69) is 0 Å². The Bertz CT molecular complexity index is 286. The molecule has 90 valence electrons. The van der Waals surface area contributed by atoms with Gasteiger partial charge in [0.25, 0.3) is 0 Å². The summed E-state index contributed by atoms with van der Waals surface area (Å²) in [6, 6.07) is -1.04. The molecule has 1 N–H and O–H groups in total. The van der Waals surface area contributed by atoms with Crippen molar-refractivity contribution < 1.29 is 24.2 Å². The number of hydrogen-bond acceptors (Lipinski definition) is 4. The number of imide groups is 1. The summed E-state index contributed by atoms with van der Waals surface area (Å²) in [5, 5.41) is 8.98. The Balaban J connectivity index is 2.65. The molecule has 16 heavy (non-hydrogen) atoms. The van der Waals surface area contributed by atoms with Gasteiger partial charge in [0.15, 0.2) is 0 Å². The first-order valence-electron chi connectivity index (χ1n) is 5.14. The summed E-state index contributed by atoms with van der Waals surface area (Å²) in [5.41, 5.74) is 0. The van der Waals surface area contributed by atoms with Crippen molar-refractivity contribution in [2.75, 3.05) is 13.7 Å². The van der Waals surface area contributed by atoms with Gasteiger partial charge in [0.1, 0.15) is 6.04 Å². The first-order valence-corrected chi connectivity index (χ1v) is 5.14. The van der Waals surface area contributed by atoms with Crippen LogP contribution in [0.1, 0.15) is 25.7 Å². The summed E-state index contributed by atoms with van der Waals surface area (Å²) in [6.45, 7) is 0.417. The highest BCUT2D eigenvalue weighted by atomic mass is 16.5. The number of ether oxygens (including phenoxy) is 1. The predicted molar refractivity (Wildman–Crippen MR) is 53.6 cm³/mol. The van der Waals surface area contributed by atoms with Crippen LogP contribution in [0.4, 0.5) is 0 Å². The molecule has 1 rings (SSSR count). The van der Waals surface area contributed by atoms with Crippen LogP contribution in [0.25, 0.3) is 0 Å². The standard InChI is InChI=1S/C10H15NO5/c1-16-6-2-3-7(10(14)15)11-8(12)4-5-9(11)13/h7H,2-6H2,1H3,(H,14,15). The van der Waals surface area contributed by atoms with Gasteiger partial charge in [-0.3, -0.25) is 14.5 Å². The van der Waals surface area contributed by atoms with Gasteiger partial charge in [-0.05, 0) is 12.8 Å². The quantitative estimate of drug-likeness (QED) is 0.512. The summed E-state index contributed by atoms with van der Waals surface area (Å²) in [4.78, 5) is 34.6. The molecule has 1 fully saturated rings. The second-order valence-electron chi connectivity index (χ2n) is 3.65. The van der Waals surface area contributed by atoms with Crippen molar-refractivity contribution in [3.05, 3.63) is 0 Å². The second kappa shape index (κ2) is 5.60. The van der Waals surface area contributed by atoms with Gasteiger partial charge in [-0.1, -0.05) is 0 Å². The summed E-state index contributed by atoms with van der Waals surface area (Å²) >= 11 is 0. The molecule has 1 atom stereocenters. The fourth-order valence-corrected chi connectivity index (χ4v) is 1.73. The Morgan fingerprint density at radius 3 is 2.44 bits per heavy atom. The molecule has 6 heteroatoms. The Kier molecular flexibility index (Phi) is 4.42. The van der Waals surface area contributed by atoms with E-state index < -0.39 is 23.8 Å². The van der Waals surface area contributed by atoms with Gasteiger partial charge in [-0.15, -0.1) is 0 Å². The zero-order chi connectivity index (χ0) is 12.1. The minimum absolute atomic E-state index is 0.118. The summed E-state index contributed by atoms with van der Waals surface area (Å²) < 4.78 is 4.81. The van der Waals surface area contributed by atoms with Crippen molar-refractivity contribution in [3.63, 3.8) is 0 Å². The molecule has 0 aromatic rings. The van der Waals surface area contributed by atoms with Gasteiger partial charge in [0.2, 0.25) is 11.8 Å². The number of nitrogens with zero attached hydrogens (tertiary/aromatic N) is 1. The van der Waals surface area contributed by atoms with Crippen LogP contribution in [0.15, 0.2) is 0 Å². The van der Waals surface area contributed by atoms with Gasteiger partial charge < -0.3 is 9.84 Å². The molecule has 1 unspecified atom stereocenters. The van der Waals surface area contributed by atoms with Gasteiger partial charge in [0, 0.05) is 26.6 Å². The largest absolute Gasteiger partial charge is 0.480 e. The van der Waals surface area contributed by atoms with E-state index in [1.54, 1.807) is 0 Å². The van der Waals surface area contributed by atoms with E-state index in [1.165, 1.54) is 7.11 Å². The molecule has 6 nitrogen and oxygen atoms in total. The third-order valence-electron chi connectivity index (χ3n) is 2.51. The molecule has 0 spiro atoms. The van der Waals surface area contributed by atoms with E-state index in [-0.39, 0.29) is 19.3 Å². The molecule has 1 heterocycles. The van der Waals surface area contributed by atoms with Gasteiger partial charge in [-0.25, -0.2) is 4.79 Å². The monoisotopic (exact) mass is 229 g/mol. The summed E-state index contributed by atoms with van der Waals surface area (Å²) in [5.74, 6) is -1.93. The minimum atomic E-state index is -1.14. The van der Waals surface area contributed by atoms with Crippen LogP contribution >= 0.6 is 0 Å². The third kappa shape index (κ3) is 2.79. The smallest absolute Gasteiger partial charge is 0.326 e. The molecule has 1 aliphatic heterocycles. The average Bonchev–Trinajstić information content (AvgIpc) is 2.54.